The van der Waals surface area contributed by atoms with E-state index >= 15 is 0 Å². The third-order valence-corrected chi connectivity index (χ3v) is 2.67. The molecule has 1 aromatic heterocycles. The largest absolute Gasteiger partial charge is 0.491 e. The first-order valence-corrected chi connectivity index (χ1v) is 6.04. The van der Waals surface area contributed by atoms with Gasteiger partial charge in [0, 0.05) is 5.39 Å². The Morgan fingerprint density at radius 1 is 1.33 bits per heavy atom. The Bertz CT molecular complexity index is 612. The smallest absolute Gasteiger partial charge is 0.120 e. The lowest BCUT2D eigenvalue weighted by atomic mass is 10.1. The van der Waals surface area contributed by atoms with E-state index in [9.17, 15) is 0 Å². The third kappa shape index (κ3) is 2.60. The van der Waals surface area contributed by atoms with Crippen LogP contribution in [0.1, 0.15) is 25.1 Å². The molecule has 0 bridgehead atoms. The van der Waals surface area contributed by atoms with E-state index in [1.165, 1.54) is 0 Å². The summed E-state index contributed by atoms with van der Waals surface area (Å²) < 4.78 is 5.67. The lowest BCUT2D eigenvalue weighted by molar-refractivity contribution is 0.243. The summed E-state index contributed by atoms with van der Waals surface area (Å²) in [6.07, 6.45) is 0.509. The van der Waals surface area contributed by atoms with E-state index in [4.69, 9.17) is 10.00 Å². The van der Waals surface area contributed by atoms with E-state index in [-0.39, 0.29) is 6.10 Å². The van der Waals surface area contributed by atoms with Crippen molar-refractivity contribution >= 4 is 10.9 Å². The number of ether oxygens (including phenoxy) is 1. The Morgan fingerprint density at radius 2 is 2.11 bits per heavy atom. The zero-order valence-electron chi connectivity index (χ0n) is 10.9. The predicted octanol–water partition coefficient (Wildman–Crippen LogP) is 3.40. The fourth-order valence-electron chi connectivity index (χ4n) is 1.96. The van der Waals surface area contributed by atoms with Gasteiger partial charge < -0.3 is 4.74 Å². The minimum atomic E-state index is 0.161. The summed E-state index contributed by atoms with van der Waals surface area (Å²) in [5, 5.41) is 9.79. The fraction of sp³-hybridized carbons (Fsp3) is 0.333. The molecule has 0 saturated heterocycles. The first kappa shape index (κ1) is 12.4. The molecule has 0 aliphatic rings. The minimum Gasteiger partial charge on any atom is -0.491 e. The Labute approximate surface area is 107 Å². The molecular weight excluding hydrogens is 224 g/mol. The predicted molar refractivity (Wildman–Crippen MR) is 71.6 cm³/mol. The molecule has 92 valence electrons. The summed E-state index contributed by atoms with van der Waals surface area (Å²) in [6, 6.07) is 9.96. The molecule has 1 aromatic carbocycles. The van der Waals surface area contributed by atoms with Gasteiger partial charge in [-0.2, -0.15) is 5.26 Å². The van der Waals surface area contributed by atoms with Crippen molar-refractivity contribution in [1.29, 1.82) is 5.26 Å². The molecule has 2 aromatic rings. The number of nitriles is 1. The molecule has 0 aliphatic carbocycles. The number of aromatic nitrogens is 1. The normalized spacial score (nSPS) is 10.6. The van der Waals surface area contributed by atoms with E-state index < -0.39 is 0 Å². The van der Waals surface area contributed by atoms with Crippen LogP contribution in [0.3, 0.4) is 0 Å². The molecule has 0 spiro atoms. The minimum absolute atomic E-state index is 0.161. The molecule has 18 heavy (non-hydrogen) atoms. The lowest BCUT2D eigenvalue weighted by Gasteiger charge is -2.11. The topological polar surface area (TPSA) is 45.9 Å². The highest BCUT2D eigenvalue weighted by Gasteiger charge is 2.05. The first-order chi connectivity index (χ1) is 8.60. The van der Waals surface area contributed by atoms with E-state index in [1.807, 2.05) is 45.0 Å². The van der Waals surface area contributed by atoms with Gasteiger partial charge in [-0.25, -0.2) is 0 Å². The highest BCUT2D eigenvalue weighted by atomic mass is 16.5. The molecule has 0 amide bonds. The molecule has 0 fully saturated rings. The number of aryl methyl sites for hydroxylation is 1. The third-order valence-electron chi connectivity index (χ3n) is 2.67. The second kappa shape index (κ2) is 5.05. The molecule has 1 heterocycles. The summed E-state index contributed by atoms with van der Waals surface area (Å²) >= 11 is 0. The molecule has 0 atom stereocenters. The summed E-state index contributed by atoms with van der Waals surface area (Å²) in [6.45, 7) is 6.04. The average molecular weight is 240 g/mol. The van der Waals surface area contributed by atoms with Crippen molar-refractivity contribution in [3.63, 3.8) is 0 Å². The van der Waals surface area contributed by atoms with Crippen molar-refractivity contribution < 1.29 is 4.74 Å². The van der Waals surface area contributed by atoms with Crippen LogP contribution in [-0.4, -0.2) is 11.1 Å². The molecule has 0 N–H and O–H groups in total. The monoisotopic (exact) mass is 240 g/mol. The molecule has 2 rings (SSSR count). The number of fused-ring (bicyclic) bond motifs is 1. The van der Waals surface area contributed by atoms with Gasteiger partial charge >= 0.3 is 0 Å². The zero-order valence-corrected chi connectivity index (χ0v) is 10.9. The fourth-order valence-corrected chi connectivity index (χ4v) is 1.96. The number of benzene rings is 1. The highest BCUT2D eigenvalue weighted by molar-refractivity contribution is 5.83. The molecule has 3 nitrogen and oxygen atoms in total. The van der Waals surface area contributed by atoms with E-state index in [2.05, 4.69) is 11.1 Å². The van der Waals surface area contributed by atoms with Gasteiger partial charge in [0.15, 0.2) is 0 Å². The Hall–Kier alpha value is -2.08. The van der Waals surface area contributed by atoms with Gasteiger partial charge in [-0.3, -0.25) is 4.98 Å². The summed E-state index contributed by atoms with van der Waals surface area (Å²) in [5.41, 5.74) is 2.86. The van der Waals surface area contributed by atoms with Gasteiger partial charge in [0.1, 0.15) is 5.75 Å². The van der Waals surface area contributed by atoms with Gasteiger partial charge in [0.05, 0.1) is 29.8 Å². The van der Waals surface area contributed by atoms with Crippen LogP contribution in [0.2, 0.25) is 0 Å². The molecule has 0 saturated carbocycles. The maximum absolute atomic E-state index is 8.72. The van der Waals surface area contributed by atoms with Crippen LogP contribution in [0.4, 0.5) is 0 Å². The highest BCUT2D eigenvalue weighted by Crippen LogP contribution is 2.24. The van der Waals surface area contributed by atoms with Crippen LogP contribution < -0.4 is 4.74 Å². The van der Waals surface area contributed by atoms with Crippen LogP contribution >= 0.6 is 0 Å². The molecular formula is C15H16N2O. The van der Waals surface area contributed by atoms with Gasteiger partial charge in [-0.05, 0) is 50.6 Å². The van der Waals surface area contributed by atoms with Crippen molar-refractivity contribution in [2.24, 2.45) is 0 Å². The molecule has 0 unspecified atom stereocenters. The quantitative estimate of drug-likeness (QED) is 0.826. The van der Waals surface area contributed by atoms with Crippen LogP contribution in [0, 0.1) is 18.3 Å². The van der Waals surface area contributed by atoms with Gasteiger partial charge in [0.2, 0.25) is 0 Å². The SMILES string of the molecule is Cc1cc(CC#N)nc2ccc(OC(C)C)cc12. The maximum Gasteiger partial charge on any atom is 0.120 e. The van der Waals surface area contributed by atoms with Gasteiger partial charge in [-0.15, -0.1) is 0 Å². The van der Waals surface area contributed by atoms with E-state index in [1.54, 1.807) is 0 Å². The summed E-state index contributed by atoms with van der Waals surface area (Å²) in [5.74, 6) is 0.857. The Morgan fingerprint density at radius 3 is 2.78 bits per heavy atom. The van der Waals surface area contributed by atoms with Gasteiger partial charge in [0.25, 0.3) is 0 Å². The van der Waals surface area contributed by atoms with Crippen LogP contribution in [0.15, 0.2) is 24.3 Å². The first-order valence-electron chi connectivity index (χ1n) is 6.04. The summed E-state index contributed by atoms with van der Waals surface area (Å²) in [4.78, 5) is 4.47. The van der Waals surface area contributed by atoms with Crippen LogP contribution in [-0.2, 0) is 6.42 Å². The molecule has 3 heteroatoms. The standard InChI is InChI=1S/C15H16N2O/c1-10(2)18-13-4-5-15-14(9-13)11(3)8-12(17-15)6-7-16/h4-5,8-10H,6H2,1-3H3. The summed E-state index contributed by atoms with van der Waals surface area (Å²) in [7, 11) is 0. The number of hydrogen-bond donors (Lipinski definition) is 0. The second-order valence-corrected chi connectivity index (χ2v) is 4.61. The van der Waals surface area contributed by atoms with Crippen LogP contribution in [0.5, 0.6) is 5.75 Å². The molecule has 0 aliphatic heterocycles. The van der Waals surface area contributed by atoms with Crippen molar-refractivity contribution in [3.8, 4) is 11.8 Å². The number of nitrogens with zero attached hydrogens (tertiary/aromatic N) is 2. The number of hydrogen-bond acceptors (Lipinski definition) is 3. The van der Waals surface area contributed by atoms with Crippen molar-refractivity contribution in [2.75, 3.05) is 0 Å². The Balaban J connectivity index is 2.48. The van der Waals surface area contributed by atoms with Crippen molar-refractivity contribution in [2.45, 2.75) is 33.3 Å². The van der Waals surface area contributed by atoms with E-state index in [0.717, 1.165) is 27.9 Å². The second-order valence-electron chi connectivity index (χ2n) is 4.61. The van der Waals surface area contributed by atoms with E-state index in [0.29, 0.717) is 6.42 Å². The Kier molecular flexibility index (Phi) is 3.47. The number of rotatable bonds is 3. The lowest BCUT2D eigenvalue weighted by Crippen LogP contribution is -2.05. The number of pyridine rings is 1. The average Bonchev–Trinajstić information content (AvgIpc) is 2.30. The van der Waals surface area contributed by atoms with Crippen molar-refractivity contribution in [3.05, 3.63) is 35.5 Å². The molecule has 0 radical (unpaired) electrons. The van der Waals surface area contributed by atoms with Crippen molar-refractivity contribution in [1.82, 2.24) is 4.98 Å². The zero-order chi connectivity index (χ0) is 13.1. The maximum atomic E-state index is 8.72. The van der Waals surface area contributed by atoms with Gasteiger partial charge in [-0.1, -0.05) is 0 Å². The van der Waals surface area contributed by atoms with Crippen LogP contribution in [0.25, 0.3) is 10.9 Å².